The fourth-order valence-corrected chi connectivity index (χ4v) is 3.31. The first-order valence-electron chi connectivity index (χ1n) is 8.45. The van der Waals surface area contributed by atoms with Crippen molar-refractivity contribution in [2.75, 3.05) is 11.1 Å². The average molecular weight is 442 g/mol. The Morgan fingerprint density at radius 1 is 1.17 bits per heavy atom. The van der Waals surface area contributed by atoms with Crippen LogP contribution in [0, 0.1) is 0 Å². The van der Waals surface area contributed by atoms with Crippen molar-refractivity contribution >= 4 is 35.0 Å². The van der Waals surface area contributed by atoms with Crippen LogP contribution in [0.5, 0.6) is 0 Å². The first kappa shape index (κ1) is 21.2. The summed E-state index contributed by atoms with van der Waals surface area (Å²) in [5.74, 6) is 1.01. The van der Waals surface area contributed by atoms with E-state index < -0.39 is 11.7 Å². The third kappa shape index (κ3) is 5.98. The number of nitrogens with zero attached hydrogens (tertiary/aromatic N) is 2. The van der Waals surface area contributed by atoms with Gasteiger partial charge in [-0.15, -0.1) is 0 Å². The molecule has 0 aliphatic carbocycles. The molecule has 0 spiro atoms. The van der Waals surface area contributed by atoms with Crippen molar-refractivity contribution in [1.82, 2.24) is 10.1 Å². The molecule has 5 nitrogen and oxygen atoms in total. The number of benzene rings is 2. The molecule has 0 unspecified atom stereocenters. The van der Waals surface area contributed by atoms with Crippen LogP contribution < -0.4 is 5.32 Å². The number of rotatable bonds is 7. The SMILES string of the molecule is O=C(CCSCc1nc(-c2cccc(C(F)(F)F)c2)no1)Nc1ccccc1Cl. The summed E-state index contributed by atoms with van der Waals surface area (Å²) in [6, 6.07) is 11.7. The number of anilines is 1. The molecule has 152 valence electrons. The maximum absolute atomic E-state index is 12.8. The Hall–Kier alpha value is -2.52. The molecular weight excluding hydrogens is 427 g/mol. The largest absolute Gasteiger partial charge is 0.416 e. The van der Waals surface area contributed by atoms with Crippen molar-refractivity contribution in [3.8, 4) is 11.4 Å². The quantitative estimate of drug-likeness (QED) is 0.478. The second-order valence-corrected chi connectivity index (χ2v) is 7.43. The highest BCUT2D eigenvalue weighted by molar-refractivity contribution is 7.98. The maximum Gasteiger partial charge on any atom is 0.416 e. The number of halogens is 4. The van der Waals surface area contributed by atoms with E-state index in [1.54, 1.807) is 24.3 Å². The molecule has 0 saturated heterocycles. The number of carbonyl (C=O) groups is 1. The maximum atomic E-state index is 12.8. The number of hydrogen-bond donors (Lipinski definition) is 1. The van der Waals surface area contributed by atoms with Crippen LogP contribution in [0.15, 0.2) is 53.1 Å². The number of nitrogens with one attached hydrogen (secondary N) is 1. The third-order valence-electron chi connectivity index (χ3n) is 3.76. The molecule has 1 amide bonds. The van der Waals surface area contributed by atoms with Crippen molar-refractivity contribution in [2.24, 2.45) is 0 Å². The molecule has 1 heterocycles. The molecule has 3 aromatic rings. The van der Waals surface area contributed by atoms with Crippen LogP contribution in [0.25, 0.3) is 11.4 Å². The van der Waals surface area contributed by atoms with Crippen molar-refractivity contribution in [1.29, 1.82) is 0 Å². The lowest BCUT2D eigenvalue weighted by Gasteiger charge is -2.06. The highest BCUT2D eigenvalue weighted by atomic mass is 35.5. The summed E-state index contributed by atoms with van der Waals surface area (Å²) in [7, 11) is 0. The van der Waals surface area contributed by atoms with Gasteiger partial charge in [0.2, 0.25) is 17.6 Å². The number of aromatic nitrogens is 2. The first-order chi connectivity index (χ1) is 13.8. The molecule has 1 aromatic heterocycles. The Labute approximate surface area is 173 Å². The minimum absolute atomic E-state index is 0.0863. The van der Waals surface area contributed by atoms with Gasteiger partial charge < -0.3 is 9.84 Å². The van der Waals surface area contributed by atoms with E-state index in [0.717, 1.165) is 12.1 Å². The van der Waals surface area contributed by atoms with E-state index >= 15 is 0 Å². The van der Waals surface area contributed by atoms with E-state index in [1.807, 2.05) is 0 Å². The van der Waals surface area contributed by atoms with Crippen LogP contribution in [0.2, 0.25) is 5.02 Å². The summed E-state index contributed by atoms with van der Waals surface area (Å²) in [5, 5.41) is 6.91. The highest BCUT2D eigenvalue weighted by Gasteiger charge is 2.30. The lowest BCUT2D eigenvalue weighted by Crippen LogP contribution is -2.12. The van der Waals surface area contributed by atoms with Crippen LogP contribution in [-0.2, 0) is 16.7 Å². The van der Waals surface area contributed by atoms with Crippen molar-refractivity contribution < 1.29 is 22.5 Å². The molecule has 0 aliphatic heterocycles. The fraction of sp³-hybridized carbons (Fsp3) is 0.211. The van der Waals surface area contributed by atoms with Crippen LogP contribution in [0.1, 0.15) is 17.9 Å². The Balaban J connectivity index is 1.49. The monoisotopic (exact) mass is 441 g/mol. The Bertz CT molecular complexity index is 995. The third-order valence-corrected chi connectivity index (χ3v) is 5.04. The van der Waals surface area contributed by atoms with Crippen LogP contribution in [0.3, 0.4) is 0 Å². The predicted octanol–water partition coefficient (Wildman–Crippen LogP) is 5.67. The number of carbonyl (C=O) groups excluding carboxylic acids is 1. The summed E-state index contributed by atoms with van der Waals surface area (Å²) in [6.07, 6.45) is -4.19. The molecular formula is C19H15ClF3N3O2S. The molecule has 0 radical (unpaired) electrons. The molecule has 10 heteroatoms. The van der Waals surface area contributed by atoms with Gasteiger partial charge in [0.05, 0.1) is 22.0 Å². The predicted molar refractivity (Wildman–Crippen MR) is 106 cm³/mol. The van der Waals surface area contributed by atoms with Gasteiger partial charge in [-0.2, -0.15) is 29.9 Å². The van der Waals surface area contributed by atoms with Gasteiger partial charge in [0.1, 0.15) is 0 Å². The second-order valence-electron chi connectivity index (χ2n) is 5.92. The molecule has 29 heavy (non-hydrogen) atoms. The summed E-state index contributed by atoms with van der Waals surface area (Å²) < 4.78 is 43.5. The van der Waals surface area contributed by atoms with Gasteiger partial charge in [-0.25, -0.2) is 0 Å². The van der Waals surface area contributed by atoms with E-state index in [9.17, 15) is 18.0 Å². The van der Waals surface area contributed by atoms with Gasteiger partial charge >= 0.3 is 6.18 Å². The highest BCUT2D eigenvalue weighted by Crippen LogP contribution is 2.31. The molecule has 0 aliphatic rings. The minimum Gasteiger partial charge on any atom is -0.338 e. The fourth-order valence-electron chi connectivity index (χ4n) is 2.36. The van der Waals surface area contributed by atoms with Crippen LogP contribution in [0.4, 0.5) is 18.9 Å². The summed E-state index contributed by atoms with van der Waals surface area (Å²) >= 11 is 7.38. The molecule has 2 aromatic carbocycles. The summed E-state index contributed by atoms with van der Waals surface area (Å²) in [6.45, 7) is 0. The van der Waals surface area contributed by atoms with Crippen LogP contribution in [-0.4, -0.2) is 21.8 Å². The van der Waals surface area contributed by atoms with Crippen molar-refractivity contribution in [3.63, 3.8) is 0 Å². The van der Waals surface area contributed by atoms with Gasteiger partial charge in [-0.3, -0.25) is 4.79 Å². The van der Waals surface area contributed by atoms with E-state index in [1.165, 1.54) is 23.9 Å². The van der Waals surface area contributed by atoms with E-state index in [4.69, 9.17) is 16.1 Å². The minimum atomic E-state index is -4.44. The molecule has 0 bridgehead atoms. The molecule has 0 fully saturated rings. The zero-order chi connectivity index (χ0) is 20.9. The van der Waals surface area contributed by atoms with Gasteiger partial charge in [-0.1, -0.05) is 41.0 Å². The number of hydrogen-bond acceptors (Lipinski definition) is 5. The Kier molecular flexibility index (Phi) is 6.81. The summed E-state index contributed by atoms with van der Waals surface area (Å²) in [5.41, 5.74) is -0.00834. The lowest BCUT2D eigenvalue weighted by atomic mass is 10.1. The second kappa shape index (κ2) is 9.32. The Morgan fingerprint density at radius 3 is 2.72 bits per heavy atom. The van der Waals surface area contributed by atoms with Gasteiger partial charge in [-0.05, 0) is 24.3 Å². The van der Waals surface area contributed by atoms with Gasteiger partial charge in [0.25, 0.3) is 0 Å². The topological polar surface area (TPSA) is 68.0 Å². The van der Waals surface area contributed by atoms with E-state index in [0.29, 0.717) is 22.2 Å². The van der Waals surface area contributed by atoms with Crippen molar-refractivity contribution in [3.05, 3.63) is 65.0 Å². The summed E-state index contributed by atoms with van der Waals surface area (Å²) in [4.78, 5) is 16.1. The van der Waals surface area contributed by atoms with Crippen molar-refractivity contribution in [2.45, 2.75) is 18.3 Å². The van der Waals surface area contributed by atoms with Gasteiger partial charge in [0, 0.05) is 17.7 Å². The number of amides is 1. The van der Waals surface area contributed by atoms with Gasteiger partial charge in [0.15, 0.2) is 0 Å². The van der Waals surface area contributed by atoms with E-state index in [2.05, 4.69) is 15.5 Å². The number of alkyl halides is 3. The zero-order valence-electron chi connectivity index (χ0n) is 14.9. The lowest BCUT2D eigenvalue weighted by molar-refractivity contribution is -0.137. The standard InChI is InChI=1S/C19H15ClF3N3O2S/c20-14-6-1-2-7-15(14)24-16(27)8-9-29-11-17-25-18(26-28-17)12-4-3-5-13(10-12)19(21,22)23/h1-7,10H,8-9,11H2,(H,24,27). The average Bonchev–Trinajstić information content (AvgIpc) is 3.16. The first-order valence-corrected chi connectivity index (χ1v) is 9.98. The molecule has 1 N–H and O–H groups in total. The molecule has 0 atom stereocenters. The van der Waals surface area contributed by atoms with E-state index in [-0.39, 0.29) is 29.6 Å². The zero-order valence-corrected chi connectivity index (χ0v) is 16.4. The molecule has 3 rings (SSSR count). The number of thioether (sulfide) groups is 1. The molecule has 0 saturated carbocycles. The Morgan fingerprint density at radius 2 is 1.97 bits per heavy atom. The smallest absolute Gasteiger partial charge is 0.338 e. The number of para-hydroxylation sites is 1. The van der Waals surface area contributed by atoms with Crippen LogP contribution >= 0.6 is 23.4 Å². The normalized spacial score (nSPS) is 11.4.